The van der Waals surface area contributed by atoms with Crippen LogP contribution >= 0.6 is 11.3 Å². The second-order valence-electron chi connectivity index (χ2n) is 11.2. The Balaban J connectivity index is 1.59. The molecule has 3 nitrogen and oxygen atoms in total. The summed E-state index contributed by atoms with van der Waals surface area (Å²) in [5.41, 5.74) is 0. The Morgan fingerprint density at radius 2 is 1.88 bits per heavy atom. The standard InChI is InChI=1S/C28H48O3SSi/c1-6-33(7-2,8-3)31-25-17-14-21(5)28-23(15-16-24(25)28)20(4)11-9-12-22(19-27(29)30)26-13-10-18-32-26/h10,13,18,20-25,28H,6-9,11-12,14-17,19H2,1-5H3,(H,29,30)/t20?,21-,22-,23?,24+,25+,28-/m0/s1. The van der Waals surface area contributed by atoms with E-state index in [0.717, 1.165) is 42.4 Å². The van der Waals surface area contributed by atoms with Crippen LogP contribution in [0.1, 0.15) is 96.8 Å². The van der Waals surface area contributed by atoms with Gasteiger partial charge in [0, 0.05) is 16.9 Å². The van der Waals surface area contributed by atoms with Crippen LogP contribution in [0.15, 0.2) is 17.5 Å². The zero-order chi connectivity index (χ0) is 24.0. The van der Waals surface area contributed by atoms with Crippen LogP contribution in [0.3, 0.4) is 0 Å². The minimum Gasteiger partial charge on any atom is -0.481 e. The second-order valence-corrected chi connectivity index (χ2v) is 16.9. The van der Waals surface area contributed by atoms with Crippen molar-refractivity contribution in [1.82, 2.24) is 0 Å². The van der Waals surface area contributed by atoms with Gasteiger partial charge in [-0.3, -0.25) is 4.79 Å². The fourth-order valence-corrected chi connectivity index (χ4v) is 11.1. The van der Waals surface area contributed by atoms with Crippen molar-refractivity contribution < 1.29 is 14.3 Å². The maximum atomic E-state index is 11.4. The molecule has 2 aliphatic carbocycles. The first-order chi connectivity index (χ1) is 15.8. The molecule has 0 aromatic carbocycles. The van der Waals surface area contributed by atoms with Gasteiger partial charge < -0.3 is 9.53 Å². The summed E-state index contributed by atoms with van der Waals surface area (Å²) >= 11 is 1.71. The number of hydrogen-bond donors (Lipinski definition) is 1. The maximum Gasteiger partial charge on any atom is 0.303 e. The van der Waals surface area contributed by atoms with Gasteiger partial charge in [0.2, 0.25) is 0 Å². The molecule has 1 N–H and O–H groups in total. The first-order valence-corrected chi connectivity index (χ1v) is 17.2. The molecule has 33 heavy (non-hydrogen) atoms. The molecule has 0 bridgehead atoms. The molecule has 1 aromatic heterocycles. The van der Waals surface area contributed by atoms with Gasteiger partial charge >= 0.3 is 5.97 Å². The molecule has 1 aromatic rings. The minimum atomic E-state index is -1.56. The average molecular weight is 493 g/mol. The van der Waals surface area contributed by atoms with Crippen molar-refractivity contribution in [3.8, 4) is 0 Å². The molecule has 2 saturated carbocycles. The van der Waals surface area contributed by atoms with Crippen LogP contribution in [0, 0.1) is 29.6 Å². The van der Waals surface area contributed by atoms with Crippen LogP contribution in [-0.4, -0.2) is 25.5 Å². The van der Waals surface area contributed by atoms with E-state index in [1.807, 2.05) is 6.07 Å². The first-order valence-electron chi connectivity index (χ1n) is 13.8. The fourth-order valence-electron chi connectivity index (χ4n) is 7.31. The Morgan fingerprint density at radius 3 is 2.48 bits per heavy atom. The number of thiophene rings is 1. The maximum absolute atomic E-state index is 11.4. The highest BCUT2D eigenvalue weighted by Gasteiger charge is 2.49. The van der Waals surface area contributed by atoms with Gasteiger partial charge in [-0.25, -0.2) is 0 Å². The Morgan fingerprint density at radius 1 is 1.15 bits per heavy atom. The van der Waals surface area contributed by atoms with Crippen molar-refractivity contribution in [3.05, 3.63) is 22.4 Å². The van der Waals surface area contributed by atoms with Crippen LogP contribution in [0.25, 0.3) is 0 Å². The van der Waals surface area contributed by atoms with Crippen LogP contribution in [0.2, 0.25) is 18.1 Å². The van der Waals surface area contributed by atoms with E-state index < -0.39 is 14.3 Å². The molecule has 188 valence electrons. The van der Waals surface area contributed by atoms with Crippen LogP contribution in [-0.2, 0) is 9.22 Å². The molecule has 2 aliphatic rings. The molecule has 2 fully saturated rings. The van der Waals surface area contributed by atoms with E-state index in [-0.39, 0.29) is 12.3 Å². The summed E-state index contributed by atoms with van der Waals surface area (Å²) in [6, 6.07) is 7.92. The van der Waals surface area contributed by atoms with Crippen molar-refractivity contribution in [1.29, 1.82) is 0 Å². The molecule has 0 aliphatic heterocycles. The molecule has 1 heterocycles. The third-order valence-electron chi connectivity index (χ3n) is 9.51. The summed E-state index contributed by atoms with van der Waals surface area (Å²) in [5, 5.41) is 11.4. The van der Waals surface area contributed by atoms with E-state index in [2.05, 4.69) is 46.1 Å². The van der Waals surface area contributed by atoms with Gasteiger partial charge in [-0.05, 0) is 91.3 Å². The predicted molar refractivity (Wildman–Crippen MR) is 142 cm³/mol. The predicted octanol–water partition coefficient (Wildman–Crippen LogP) is 8.58. The molecule has 0 radical (unpaired) electrons. The van der Waals surface area contributed by atoms with E-state index >= 15 is 0 Å². The topological polar surface area (TPSA) is 46.5 Å². The van der Waals surface area contributed by atoms with Crippen LogP contribution in [0.5, 0.6) is 0 Å². The van der Waals surface area contributed by atoms with Crippen LogP contribution in [0.4, 0.5) is 0 Å². The summed E-state index contributed by atoms with van der Waals surface area (Å²) in [5.74, 6) is 3.45. The lowest BCUT2D eigenvalue weighted by molar-refractivity contribution is -0.137. The average Bonchev–Trinajstić information content (AvgIpc) is 3.49. The Hall–Kier alpha value is -0.653. The summed E-state index contributed by atoms with van der Waals surface area (Å²) in [4.78, 5) is 12.6. The van der Waals surface area contributed by atoms with E-state index in [9.17, 15) is 9.90 Å². The SMILES string of the molecule is CC[Si](CC)(CC)O[C@@H]1CC[C@H](C)[C@H]2C(C(C)CCC[C@@H](CC(=O)O)c3cccs3)CC[C@@H]21. The summed E-state index contributed by atoms with van der Waals surface area (Å²) in [6.07, 6.45) is 9.45. The normalized spacial score (nSPS) is 29.5. The molecule has 3 rings (SSSR count). The number of carboxylic acids is 1. The summed E-state index contributed by atoms with van der Waals surface area (Å²) in [6.45, 7) is 12.0. The van der Waals surface area contributed by atoms with Crippen molar-refractivity contribution in [2.45, 2.75) is 116 Å². The number of carbonyl (C=O) groups is 1. The Bertz CT molecular complexity index is 708. The zero-order valence-electron chi connectivity index (χ0n) is 21.7. The third-order valence-corrected chi connectivity index (χ3v) is 15.2. The molecule has 7 atom stereocenters. The second kappa shape index (κ2) is 12.4. The molecule has 0 spiro atoms. The lowest BCUT2D eigenvalue weighted by Crippen LogP contribution is -2.46. The van der Waals surface area contributed by atoms with E-state index in [1.54, 1.807) is 11.3 Å². The molecule has 0 amide bonds. The lowest BCUT2D eigenvalue weighted by Gasteiger charge is -2.45. The highest BCUT2D eigenvalue weighted by atomic mass is 32.1. The highest BCUT2D eigenvalue weighted by molar-refractivity contribution is 7.10. The third kappa shape index (κ3) is 6.52. The van der Waals surface area contributed by atoms with Gasteiger partial charge in [0.1, 0.15) is 0 Å². The fraction of sp³-hybridized carbons (Fsp3) is 0.821. The van der Waals surface area contributed by atoms with E-state index in [0.29, 0.717) is 6.10 Å². The molecule has 2 unspecified atom stereocenters. The van der Waals surface area contributed by atoms with Gasteiger partial charge in [-0.1, -0.05) is 53.5 Å². The Labute approximate surface area is 207 Å². The van der Waals surface area contributed by atoms with E-state index in [4.69, 9.17) is 4.43 Å². The molecule has 5 heteroatoms. The summed E-state index contributed by atoms with van der Waals surface area (Å²) < 4.78 is 7.09. The Kier molecular flexibility index (Phi) is 10.1. The number of aliphatic carboxylic acids is 1. The van der Waals surface area contributed by atoms with Crippen molar-refractivity contribution in [2.75, 3.05) is 0 Å². The first kappa shape index (κ1) is 26.9. The molecular weight excluding hydrogens is 444 g/mol. The van der Waals surface area contributed by atoms with Gasteiger partial charge in [-0.2, -0.15) is 0 Å². The quantitative estimate of drug-likeness (QED) is 0.280. The molecular formula is C28H48O3SSi. The minimum absolute atomic E-state index is 0.174. The van der Waals surface area contributed by atoms with Crippen molar-refractivity contribution in [2.24, 2.45) is 29.6 Å². The van der Waals surface area contributed by atoms with Crippen molar-refractivity contribution in [3.63, 3.8) is 0 Å². The number of hydrogen-bond acceptors (Lipinski definition) is 3. The number of fused-ring (bicyclic) bond motifs is 1. The van der Waals surface area contributed by atoms with Gasteiger partial charge in [0.25, 0.3) is 0 Å². The number of rotatable bonds is 13. The summed E-state index contributed by atoms with van der Waals surface area (Å²) in [7, 11) is -1.56. The highest BCUT2D eigenvalue weighted by Crippen LogP contribution is 2.53. The van der Waals surface area contributed by atoms with Crippen molar-refractivity contribution >= 4 is 25.6 Å². The number of carboxylic acid groups (broad SMARTS) is 1. The van der Waals surface area contributed by atoms with Gasteiger partial charge in [0.05, 0.1) is 6.42 Å². The zero-order valence-corrected chi connectivity index (χ0v) is 23.5. The van der Waals surface area contributed by atoms with Gasteiger partial charge in [-0.15, -0.1) is 11.3 Å². The van der Waals surface area contributed by atoms with Gasteiger partial charge in [0.15, 0.2) is 8.32 Å². The smallest absolute Gasteiger partial charge is 0.303 e. The largest absolute Gasteiger partial charge is 0.481 e. The molecule has 0 saturated heterocycles. The van der Waals surface area contributed by atoms with E-state index in [1.165, 1.54) is 55.1 Å². The lowest BCUT2D eigenvalue weighted by atomic mass is 9.67. The monoisotopic (exact) mass is 492 g/mol. The van der Waals surface area contributed by atoms with Crippen LogP contribution < -0.4 is 0 Å².